The van der Waals surface area contributed by atoms with Crippen molar-refractivity contribution in [3.8, 4) is 0 Å². The Morgan fingerprint density at radius 1 is 1.22 bits per heavy atom. The van der Waals surface area contributed by atoms with Crippen molar-refractivity contribution in [2.45, 2.75) is 51.2 Å². The van der Waals surface area contributed by atoms with Gasteiger partial charge in [0.25, 0.3) is 0 Å². The second kappa shape index (κ2) is 5.89. The molecule has 0 aromatic rings. The van der Waals surface area contributed by atoms with E-state index >= 15 is 0 Å². The van der Waals surface area contributed by atoms with Crippen molar-refractivity contribution >= 4 is 15.9 Å². The highest BCUT2D eigenvalue weighted by Crippen LogP contribution is 2.46. The van der Waals surface area contributed by atoms with Gasteiger partial charge in [0.05, 0.1) is 30.3 Å². The van der Waals surface area contributed by atoms with Gasteiger partial charge >= 0.3 is 6.09 Å². The molecule has 0 spiro atoms. The number of carbonyl (C=O) groups excluding carboxylic acids is 1. The van der Waals surface area contributed by atoms with E-state index in [-0.39, 0.29) is 37.5 Å². The minimum atomic E-state index is -3.10. The molecule has 0 aliphatic carbocycles. The molecule has 23 heavy (non-hydrogen) atoms. The fraction of sp³-hybridized carbons (Fsp3) is 0.933. The largest absolute Gasteiger partial charge is 0.444 e. The van der Waals surface area contributed by atoms with E-state index in [0.717, 1.165) is 0 Å². The van der Waals surface area contributed by atoms with Gasteiger partial charge in [-0.3, -0.25) is 0 Å². The first-order chi connectivity index (χ1) is 10.4. The third-order valence-electron chi connectivity index (χ3n) is 4.97. The molecule has 1 amide bonds. The van der Waals surface area contributed by atoms with E-state index in [0.29, 0.717) is 13.0 Å². The predicted octanol–water partition coefficient (Wildman–Crippen LogP) is 0.546. The summed E-state index contributed by atoms with van der Waals surface area (Å²) in [7, 11) is -3.10. The van der Waals surface area contributed by atoms with Gasteiger partial charge in [-0.05, 0) is 40.0 Å². The van der Waals surface area contributed by atoms with Crippen LogP contribution in [0.1, 0.15) is 40.0 Å². The first kappa shape index (κ1) is 18.5. The Labute approximate surface area is 137 Å². The highest BCUT2D eigenvalue weighted by atomic mass is 32.2. The normalized spacial score (nSPS) is 30.2. The maximum atomic E-state index is 12.2. The number of carbonyl (C=O) groups is 1. The van der Waals surface area contributed by atoms with E-state index in [4.69, 9.17) is 4.74 Å². The van der Waals surface area contributed by atoms with E-state index in [1.54, 1.807) is 20.8 Å². The molecule has 2 saturated heterocycles. The summed E-state index contributed by atoms with van der Waals surface area (Å²) in [5, 5.41) is 20.9. The Kier molecular flexibility index (Phi) is 4.74. The van der Waals surface area contributed by atoms with E-state index in [1.165, 1.54) is 4.90 Å². The number of sulfone groups is 1. The molecule has 0 aromatic heterocycles. The highest BCUT2D eigenvalue weighted by molar-refractivity contribution is 7.91. The van der Waals surface area contributed by atoms with Crippen molar-refractivity contribution in [3.63, 3.8) is 0 Å². The number of rotatable bonds is 2. The maximum Gasteiger partial charge on any atom is 0.410 e. The number of hydrogen-bond donors (Lipinski definition) is 2. The molecule has 2 fully saturated rings. The van der Waals surface area contributed by atoms with Crippen LogP contribution in [0.5, 0.6) is 0 Å². The zero-order valence-electron chi connectivity index (χ0n) is 14.0. The molecule has 1 unspecified atom stereocenters. The molecule has 2 heterocycles. The van der Waals surface area contributed by atoms with Crippen LogP contribution in [0.4, 0.5) is 4.79 Å². The van der Waals surface area contributed by atoms with Gasteiger partial charge in [-0.1, -0.05) is 0 Å². The van der Waals surface area contributed by atoms with Gasteiger partial charge in [0.15, 0.2) is 0 Å². The molecule has 134 valence electrons. The summed E-state index contributed by atoms with van der Waals surface area (Å²) in [6.07, 6.45) is 0.243. The summed E-state index contributed by atoms with van der Waals surface area (Å²) in [6, 6.07) is 0. The Morgan fingerprint density at radius 2 is 1.78 bits per heavy atom. The highest BCUT2D eigenvalue weighted by Gasteiger charge is 2.56. The van der Waals surface area contributed by atoms with Crippen molar-refractivity contribution in [2.75, 3.05) is 31.2 Å². The predicted molar refractivity (Wildman–Crippen MR) is 84.8 cm³/mol. The second-order valence-corrected chi connectivity index (χ2v) is 10.1. The van der Waals surface area contributed by atoms with E-state index in [9.17, 15) is 23.4 Å². The van der Waals surface area contributed by atoms with Crippen LogP contribution in [-0.2, 0) is 14.6 Å². The number of likely N-dealkylation sites (tertiary alicyclic amines) is 1. The number of amides is 1. The van der Waals surface area contributed by atoms with Crippen LogP contribution in [0.15, 0.2) is 0 Å². The molecular formula is C15H27NO6S. The SMILES string of the molecule is CC(C)(C)OC(=O)N1CCC(O)(C2(CO)CCS(=O)(=O)CC2)C1. The molecule has 0 aromatic carbocycles. The van der Waals surface area contributed by atoms with Gasteiger partial charge in [0.1, 0.15) is 15.4 Å². The lowest BCUT2D eigenvalue weighted by atomic mass is 9.67. The van der Waals surface area contributed by atoms with Crippen molar-refractivity contribution in [1.29, 1.82) is 0 Å². The molecular weight excluding hydrogens is 322 g/mol. The number of nitrogens with zero attached hydrogens (tertiary/aromatic N) is 1. The summed E-state index contributed by atoms with van der Waals surface area (Å²) in [4.78, 5) is 13.6. The molecule has 0 saturated carbocycles. The molecule has 2 rings (SSSR count). The Morgan fingerprint density at radius 3 is 2.26 bits per heavy atom. The number of β-amino-alcohol motifs (C(OH)–C–C–N with tert-alkyl or cyclic N) is 1. The Hall–Kier alpha value is -0.860. The minimum Gasteiger partial charge on any atom is -0.444 e. The first-order valence-corrected chi connectivity index (χ1v) is 9.76. The molecule has 8 heteroatoms. The van der Waals surface area contributed by atoms with Gasteiger partial charge in [0.2, 0.25) is 0 Å². The van der Waals surface area contributed by atoms with E-state index < -0.39 is 32.5 Å². The smallest absolute Gasteiger partial charge is 0.410 e. The van der Waals surface area contributed by atoms with E-state index in [2.05, 4.69) is 0 Å². The molecule has 1 atom stereocenters. The summed E-state index contributed by atoms with van der Waals surface area (Å²) in [6.45, 7) is 5.42. The molecule has 0 bridgehead atoms. The fourth-order valence-corrected chi connectivity index (χ4v) is 5.02. The lowest BCUT2D eigenvalue weighted by Crippen LogP contribution is -2.56. The molecule has 0 radical (unpaired) electrons. The van der Waals surface area contributed by atoms with Crippen molar-refractivity contribution in [2.24, 2.45) is 5.41 Å². The monoisotopic (exact) mass is 349 g/mol. The minimum absolute atomic E-state index is 0.0394. The standard InChI is InChI=1S/C15H27NO6S/c1-13(2,3)22-12(18)16-7-4-15(19,10-16)14(11-17)5-8-23(20,21)9-6-14/h17,19H,4-11H2,1-3H3. The van der Waals surface area contributed by atoms with Crippen LogP contribution in [0.2, 0.25) is 0 Å². The molecule has 2 N–H and O–H groups in total. The van der Waals surface area contributed by atoms with Crippen LogP contribution in [0, 0.1) is 5.41 Å². The summed E-state index contributed by atoms with van der Waals surface area (Å²) >= 11 is 0. The average Bonchev–Trinajstić information content (AvgIpc) is 2.82. The van der Waals surface area contributed by atoms with Gasteiger partial charge in [-0.25, -0.2) is 13.2 Å². The Bertz CT molecular complexity index is 553. The molecule has 2 aliphatic heterocycles. The number of aliphatic hydroxyl groups excluding tert-OH is 1. The quantitative estimate of drug-likeness (QED) is 0.754. The zero-order valence-corrected chi connectivity index (χ0v) is 14.9. The number of aliphatic hydroxyl groups is 2. The van der Waals surface area contributed by atoms with Crippen LogP contribution in [0.3, 0.4) is 0 Å². The van der Waals surface area contributed by atoms with Crippen molar-refractivity contribution < 1.29 is 28.2 Å². The van der Waals surface area contributed by atoms with Crippen LogP contribution < -0.4 is 0 Å². The third kappa shape index (κ3) is 3.80. The summed E-state index contributed by atoms with van der Waals surface area (Å²) in [5.41, 5.74) is -2.78. The summed E-state index contributed by atoms with van der Waals surface area (Å²) in [5.74, 6) is -0.0788. The lowest BCUT2D eigenvalue weighted by Gasteiger charge is -2.46. The van der Waals surface area contributed by atoms with Crippen LogP contribution >= 0.6 is 0 Å². The van der Waals surface area contributed by atoms with E-state index in [1.807, 2.05) is 0 Å². The van der Waals surface area contributed by atoms with Crippen LogP contribution in [0.25, 0.3) is 0 Å². The average molecular weight is 349 g/mol. The molecule has 2 aliphatic rings. The van der Waals surface area contributed by atoms with Gasteiger partial charge in [-0.15, -0.1) is 0 Å². The number of hydrogen-bond acceptors (Lipinski definition) is 6. The van der Waals surface area contributed by atoms with Gasteiger partial charge < -0.3 is 19.8 Å². The maximum absolute atomic E-state index is 12.2. The van der Waals surface area contributed by atoms with Gasteiger partial charge in [-0.2, -0.15) is 0 Å². The topological polar surface area (TPSA) is 104 Å². The Balaban J connectivity index is 2.12. The van der Waals surface area contributed by atoms with Crippen LogP contribution in [-0.4, -0.2) is 72.0 Å². The number of ether oxygens (including phenoxy) is 1. The van der Waals surface area contributed by atoms with Crippen molar-refractivity contribution in [1.82, 2.24) is 4.90 Å². The zero-order chi connectivity index (χ0) is 17.5. The van der Waals surface area contributed by atoms with Crippen molar-refractivity contribution in [3.05, 3.63) is 0 Å². The molecule has 7 nitrogen and oxygen atoms in total. The lowest BCUT2D eigenvalue weighted by molar-refractivity contribution is -0.107. The first-order valence-electron chi connectivity index (χ1n) is 7.94. The third-order valence-corrected chi connectivity index (χ3v) is 6.62. The van der Waals surface area contributed by atoms with Gasteiger partial charge in [0, 0.05) is 12.0 Å². The fourth-order valence-electron chi connectivity index (χ4n) is 3.41. The summed E-state index contributed by atoms with van der Waals surface area (Å²) < 4.78 is 28.6. The second-order valence-electron chi connectivity index (χ2n) is 7.77.